The highest BCUT2D eigenvalue weighted by Gasteiger charge is 2.01. The molecule has 0 saturated carbocycles. The number of halogens is 1. The predicted molar refractivity (Wildman–Crippen MR) is 91.2 cm³/mol. The molecule has 1 heterocycles. The van der Waals surface area contributed by atoms with E-state index in [1.807, 2.05) is 42.5 Å². The predicted octanol–water partition coefficient (Wildman–Crippen LogP) is 4.93. The average molecular weight is 311 g/mol. The van der Waals surface area contributed by atoms with Gasteiger partial charge in [0.15, 0.2) is 0 Å². The van der Waals surface area contributed by atoms with E-state index in [-0.39, 0.29) is 0 Å². The molecule has 0 aliphatic heterocycles. The van der Waals surface area contributed by atoms with Crippen LogP contribution in [0.1, 0.15) is 5.56 Å². The number of nitrogens with one attached hydrogen (secondary N) is 2. The maximum Gasteiger partial charge on any atom is 0.135 e. The number of aryl methyl sites for hydroxylation is 1. The van der Waals surface area contributed by atoms with E-state index in [1.54, 1.807) is 0 Å². The highest BCUT2D eigenvalue weighted by Crippen LogP contribution is 2.21. The number of anilines is 4. The summed E-state index contributed by atoms with van der Waals surface area (Å²) >= 11 is 5.98. The number of nitrogens with zero attached hydrogens (tertiary/aromatic N) is 2. The highest BCUT2D eigenvalue weighted by atomic mass is 35.5. The normalized spacial score (nSPS) is 10.3. The first kappa shape index (κ1) is 14.4. The van der Waals surface area contributed by atoms with E-state index >= 15 is 0 Å². The van der Waals surface area contributed by atoms with E-state index in [4.69, 9.17) is 11.6 Å². The Morgan fingerprint density at radius 1 is 0.818 bits per heavy atom. The van der Waals surface area contributed by atoms with Crippen LogP contribution in [0.2, 0.25) is 5.02 Å². The molecule has 0 saturated heterocycles. The first-order valence-corrected chi connectivity index (χ1v) is 7.25. The number of benzene rings is 2. The Bertz CT molecular complexity index is 726. The van der Waals surface area contributed by atoms with Crippen molar-refractivity contribution in [1.29, 1.82) is 0 Å². The lowest BCUT2D eigenvalue weighted by Crippen LogP contribution is -1.98. The third-order valence-electron chi connectivity index (χ3n) is 3.05. The van der Waals surface area contributed by atoms with Crippen LogP contribution in [0.3, 0.4) is 0 Å². The van der Waals surface area contributed by atoms with Crippen LogP contribution in [0.15, 0.2) is 60.9 Å². The fourth-order valence-electron chi connectivity index (χ4n) is 2.08. The lowest BCUT2D eigenvalue weighted by atomic mass is 10.2. The van der Waals surface area contributed by atoms with E-state index in [1.165, 1.54) is 11.9 Å². The third kappa shape index (κ3) is 3.74. The summed E-state index contributed by atoms with van der Waals surface area (Å²) in [7, 11) is 0. The molecule has 5 heteroatoms. The third-order valence-corrected chi connectivity index (χ3v) is 3.29. The summed E-state index contributed by atoms with van der Waals surface area (Å²) in [4.78, 5) is 8.45. The molecule has 0 atom stereocenters. The van der Waals surface area contributed by atoms with Gasteiger partial charge in [0.2, 0.25) is 0 Å². The lowest BCUT2D eigenvalue weighted by molar-refractivity contribution is 1.17. The molecule has 2 N–H and O–H groups in total. The molecule has 0 amide bonds. The maximum absolute atomic E-state index is 5.98. The molecule has 0 bridgehead atoms. The molecule has 1 aromatic heterocycles. The van der Waals surface area contributed by atoms with Gasteiger partial charge in [-0.1, -0.05) is 29.8 Å². The van der Waals surface area contributed by atoms with Crippen molar-refractivity contribution in [1.82, 2.24) is 9.97 Å². The van der Waals surface area contributed by atoms with Gasteiger partial charge in [0.25, 0.3) is 0 Å². The zero-order valence-electron chi connectivity index (χ0n) is 12.0. The van der Waals surface area contributed by atoms with Gasteiger partial charge in [-0.15, -0.1) is 0 Å². The van der Waals surface area contributed by atoms with Gasteiger partial charge in [0.1, 0.15) is 18.0 Å². The largest absolute Gasteiger partial charge is 0.340 e. The zero-order chi connectivity index (χ0) is 15.4. The monoisotopic (exact) mass is 310 g/mol. The van der Waals surface area contributed by atoms with E-state index in [0.29, 0.717) is 10.8 Å². The summed E-state index contributed by atoms with van der Waals surface area (Å²) < 4.78 is 0. The second kappa shape index (κ2) is 6.45. The van der Waals surface area contributed by atoms with Crippen molar-refractivity contribution in [2.45, 2.75) is 6.92 Å². The molecule has 0 aliphatic carbocycles. The van der Waals surface area contributed by atoms with Gasteiger partial charge in [-0.25, -0.2) is 9.97 Å². The fourth-order valence-corrected chi connectivity index (χ4v) is 2.27. The second-order valence-corrected chi connectivity index (χ2v) is 5.35. The van der Waals surface area contributed by atoms with E-state index in [9.17, 15) is 0 Å². The summed E-state index contributed by atoms with van der Waals surface area (Å²) in [5.41, 5.74) is 3.07. The minimum absolute atomic E-state index is 0.678. The summed E-state index contributed by atoms with van der Waals surface area (Å²) in [5, 5.41) is 7.15. The molecule has 3 rings (SSSR count). The van der Waals surface area contributed by atoms with E-state index in [2.05, 4.69) is 39.7 Å². The van der Waals surface area contributed by atoms with Crippen LogP contribution in [0.25, 0.3) is 0 Å². The van der Waals surface area contributed by atoms with Gasteiger partial charge in [-0.3, -0.25) is 0 Å². The van der Waals surface area contributed by atoms with Crippen LogP contribution < -0.4 is 10.6 Å². The molecular formula is C17H15ClN4. The van der Waals surface area contributed by atoms with Crippen molar-refractivity contribution in [3.63, 3.8) is 0 Å². The standard InChI is InChI=1S/C17H15ClN4/c1-12-4-2-6-14(8-12)21-16-10-17(20-11-19-16)22-15-7-3-5-13(18)9-15/h2-11H,1H3,(H2,19,20,21,22). The smallest absolute Gasteiger partial charge is 0.135 e. The first-order valence-electron chi connectivity index (χ1n) is 6.87. The Hall–Kier alpha value is -2.59. The molecule has 110 valence electrons. The van der Waals surface area contributed by atoms with Crippen LogP contribution >= 0.6 is 11.6 Å². The molecule has 0 unspecified atom stereocenters. The Balaban J connectivity index is 1.78. The Kier molecular flexibility index (Phi) is 4.21. The molecule has 22 heavy (non-hydrogen) atoms. The van der Waals surface area contributed by atoms with Gasteiger partial charge in [-0.05, 0) is 42.8 Å². The summed E-state index contributed by atoms with van der Waals surface area (Å²) in [6.45, 7) is 2.05. The van der Waals surface area contributed by atoms with Crippen molar-refractivity contribution in [3.05, 3.63) is 71.5 Å². The van der Waals surface area contributed by atoms with Crippen LogP contribution in [-0.4, -0.2) is 9.97 Å². The minimum atomic E-state index is 0.678. The Labute approximate surface area is 134 Å². The first-order chi connectivity index (χ1) is 10.7. The van der Waals surface area contributed by atoms with Gasteiger partial charge in [-0.2, -0.15) is 0 Å². The van der Waals surface area contributed by atoms with Crippen LogP contribution in [0.5, 0.6) is 0 Å². The molecule has 0 spiro atoms. The van der Waals surface area contributed by atoms with Crippen molar-refractivity contribution in [2.24, 2.45) is 0 Å². The van der Waals surface area contributed by atoms with Crippen LogP contribution in [0.4, 0.5) is 23.0 Å². The van der Waals surface area contributed by atoms with Crippen molar-refractivity contribution in [2.75, 3.05) is 10.6 Å². The maximum atomic E-state index is 5.98. The molecule has 0 fully saturated rings. The molecule has 2 aromatic carbocycles. The second-order valence-electron chi connectivity index (χ2n) is 4.92. The quantitative estimate of drug-likeness (QED) is 0.717. The van der Waals surface area contributed by atoms with Gasteiger partial charge in [0.05, 0.1) is 0 Å². The minimum Gasteiger partial charge on any atom is -0.340 e. The Morgan fingerprint density at radius 3 is 2.09 bits per heavy atom. The number of rotatable bonds is 4. The summed E-state index contributed by atoms with van der Waals surface area (Å²) in [5.74, 6) is 1.43. The lowest BCUT2D eigenvalue weighted by Gasteiger charge is -2.09. The van der Waals surface area contributed by atoms with E-state index in [0.717, 1.165) is 17.2 Å². The number of hydrogen-bond donors (Lipinski definition) is 2. The molecule has 0 radical (unpaired) electrons. The zero-order valence-corrected chi connectivity index (χ0v) is 12.8. The molecular weight excluding hydrogens is 296 g/mol. The summed E-state index contributed by atoms with van der Waals surface area (Å²) in [6.07, 6.45) is 1.52. The van der Waals surface area contributed by atoms with Gasteiger partial charge in [0, 0.05) is 22.5 Å². The van der Waals surface area contributed by atoms with Crippen molar-refractivity contribution < 1.29 is 0 Å². The van der Waals surface area contributed by atoms with Crippen LogP contribution in [0, 0.1) is 6.92 Å². The van der Waals surface area contributed by atoms with Gasteiger partial charge < -0.3 is 10.6 Å². The summed E-state index contributed by atoms with van der Waals surface area (Å²) in [6, 6.07) is 17.5. The van der Waals surface area contributed by atoms with Crippen LogP contribution in [-0.2, 0) is 0 Å². The average Bonchev–Trinajstić information content (AvgIpc) is 2.47. The number of hydrogen-bond acceptors (Lipinski definition) is 4. The number of aromatic nitrogens is 2. The molecule has 0 aliphatic rings. The topological polar surface area (TPSA) is 49.8 Å². The van der Waals surface area contributed by atoms with Gasteiger partial charge >= 0.3 is 0 Å². The van der Waals surface area contributed by atoms with Crippen molar-refractivity contribution in [3.8, 4) is 0 Å². The SMILES string of the molecule is Cc1cccc(Nc2cc(Nc3cccc(Cl)c3)ncn2)c1. The highest BCUT2D eigenvalue weighted by molar-refractivity contribution is 6.30. The van der Waals surface area contributed by atoms with E-state index < -0.39 is 0 Å². The molecule has 4 nitrogen and oxygen atoms in total. The molecule has 3 aromatic rings. The van der Waals surface area contributed by atoms with Crippen molar-refractivity contribution >= 4 is 34.6 Å². The Morgan fingerprint density at radius 2 is 1.45 bits per heavy atom. The fraction of sp³-hybridized carbons (Fsp3) is 0.0588.